The highest BCUT2D eigenvalue weighted by atomic mass is 16.5. The number of rotatable bonds is 4. The second-order valence-corrected chi connectivity index (χ2v) is 6.97. The van der Waals surface area contributed by atoms with Crippen molar-refractivity contribution in [3.63, 3.8) is 0 Å². The lowest BCUT2D eigenvalue weighted by molar-refractivity contribution is 0.0458. The van der Waals surface area contributed by atoms with Gasteiger partial charge in [-0.15, -0.1) is 0 Å². The van der Waals surface area contributed by atoms with Crippen LogP contribution in [0.15, 0.2) is 36.4 Å². The topological polar surface area (TPSA) is 63.7 Å². The number of esters is 1. The predicted octanol–water partition coefficient (Wildman–Crippen LogP) is 3.92. The number of ether oxygens (including phenoxy) is 1. The lowest BCUT2D eigenvalue weighted by Crippen LogP contribution is -2.29. The molecule has 0 unspecified atom stereocenters. The molecular weight excluding hydrogens is 330 g/mol. The molecule has 0 spiro atoms. The summed E-state index contributed by atoms with van der Waals surface area (Å²) in [5, 5.41) is 0. The maximum absolute atomic E-state index is 12.8. The van der Waals surface area contributed by atoms with Gasteiger partial charge in [0, 0.05) is 0 Å². The van der Waals surface area contributed by atoms with Crippen LogP contribution < -0.4 is 4.90 Å². The second kappa shape index (κ2) is 6.75. The van der Waals surface area contributed by atoms with Crippen LogP contribution in [0.2, 0.25) is 0 Å². The molecular formula is C21H21NO4. The number of anilines is 1. The molecule has 1 aliphatic heterocycles. The van der Waals surface area contributed by atoms with Crippen molar-refractivity contribution in [2.75, 3.05) is 11.5 Å². The minimum Gasteiger partial charge on any atom is -0.462 e. The van der Waals surface area contributed by atoms with Crippen LogP contribution in [0.25, 0.3) is 0 Å². The van der Waals surface area contributed by atoms with Crippen molar-refractivity contribution in [3.8, 4) is 0 Å². The average molecular weight is 351 g/mol. The van der Waals surface area contributed by atoms with Gasteiger partial charge in [-0.25, -0.2) is 9.69 Å². The van der Waals surface area contributed by atoms with E-state index in [1.807, 2.05) is 39.8 Å². The molecule has 134 valence electrons. The van der Waals surface area contributed by atoms with Crippen LogP contribution in [0, 0.1) is 19.8 Å². The van der Waals surface area contributed by atoms with E-state index in [2.05, 4.69) is 0 Å². The van der Waals surface area contributed by atoms with Gasteiger partial charge in [-0.05, 0) is 61.2 Å². The monoisotopic (exact) mass is 351 g/mol. The van der Waals surface area contributed by atoms with Crippen LogP contribution in [0.1, 0.15) is 56.0 Å². The molecule has 0 aliphatic carbocycles. The fourth-order valence-electron chi connectivity index (χ4n) is 2.79. The van der Waals surface area contributed by atoms with Crippen molar-refractivity contribution in [3.05, 3.63) is 64.2 Å². The van der Waals surface area contributed by atoms with E-state index in [9.17, 15) is 14.4 Å². The van der Waals surface area contributed by atoms with E-state index < -0.39 is 11.9 Å². The van der Waals surface area contributed by atoms with Gasteiger partial charge in [-0.1, -0.05) is 19.9 Å². The SMILES string of the molecule is Cc1ccc(N2C(=O)c3ccc(C(=O)OCC(C)C)cc3C2=O)cc1C. The van der Waals surface area contributed by atoms with Crippen LogP contribution in [0.4, 0.5) is 5.69 Å². The quantitative estimate of drug-likeness (QED) is 0.619. The number of amides is 2. The van der Waals surface area contributed by atoms with Gasteiger partial charge in [0.15, 0.2) is 0 Å². The number of carbonyl (C=O) groups is 3. The normalized spacial score (nSPS) is 13.3. The largest absolute Gasteiger partial charge is 0.462 e. The number of carbonyl (C=O) groups excluding carboxylic acids is 3. The molecule has 0 saturated carbocycles. The summed E-state index contributed by atoms with van der Waals surface area (Å²) in [6.07, 6.45) is 0. The zero-order chi connectivity index (χ0) is 19.0. The molecule has 0 radical (unpaired) electrons. The molecule has 0 atom stereocenters. The molecule has 0 saturated heterocycles. The Morgan fingerprint density at radius 1 is 0.962 bits per heavy atom. The summed E-state index contributed by atoms with van der Waals surface area (Å²) in [4.78, 5) is 38.8. The fraction of sp³-hybridized carbons (Fsp3) is 0.286. The summed E-state index contributed by atoms with van der Waals surface area (Å²) in [5.41, 5.74) is 3.41. The van der Waals surface area contributed by atoms with Crippen LogP contribution in [0.3, 0.4) is 0 Å². The molecule has 2 aromatic rings. The van der Waals surface area contributed by atoms with E-state index in [0.717, 1.165) is 16.0 Å². The minimum absolute atomic E-state index is 0.219. The smallest absolute Gasteiger partial charge is 0.338 e. The van der Waals surface area contributed by atoms with E-state index in [1.165, 1.54) is 18.2 Å². The number of hydrogen-bond donors (Lipinski definition) is 0. The van der Waals surface area contributed by atoms with Crippen LogP contribution in [-0.2, 0) is 4.74 Å². The summed E-state index contributed by atoms with van der Waals surface area (Å²) in [6, 6.07) is 9.93. The Bertz CT molecular complexity index is 914. The highest BCUT2D eigenvalue weighted by molar-refractivity contribution is 6.34. The average Bonchev–Trinajstić information content (AvgIpc) is 2.86. The third-order valence-corrected chi connectivity index (χ3v) is 4.42. The van der Waals surface area contributed by atoms with Gasteiger partial charge in [0.05, 0.1) is 29.0 Å². The van der Waals surface area contributed by atoms with Gasteiger partial charge in [0.2, 0.25) is 0 Å². The zero-order valence-electron chi connectivity index (χ0n) is 15.3. The van der Waals surface area contributed by atoms with Crippen molar-refractivity contribution in [2.24, 2.45) is 5.92 Å². The van der Waals surface area contributed by atoms with E-state index in [0.29, 0.717) is 17.9 Å². The van der Waals surface area contributed by atoms with Crippen molar-refractivity contribution >= 4 is 23.5 Å². The van der Waals surface area contributed by atoms with Gasteiger partial charge in [0.1, 0.15) is 0 Å². The molecule has 1 heterocycles. The third-order valence-electron chi connectivity index (χ3n) is 4.42. The Morgan fingerprint density at radius 2 is 1.65 bits per heavy atom. The van der Waals surface area contributed by atoms with Crippen molar-refractivity contribution < 1.29 is 19.1 Å². The molecule has 0 N–H and O–H groups in total. The minimum atomic E-state index is -0.494. The van der Waals surface area contributed by atoms with Gasteiger partial charge in [0.25, 0.3) is 11.8 Å². The van der Waals surface area contributed by atoms with Crippen molar-refractivity contribution in [1.82, 2.24) is 0 Å². The van der Waals surface area contributed by atoms with E-state index in [1.54, 1.807) is 6.07 Å². The molecule has 2 amide bonds. The summed E-state index contributed by atoms with van der Waals surface area (Å²) in [5.74, 6) is -1.08. The Morgan fingerprint density at radius 3 is 2.31 bits per heavy atom. The molecule has 1 aliphatic rings. The molecule has 5 nitrogen and oxygen atoms in total. The van der Waals surface area contributed by atoms with E-state index in [-0.39, 0.29) is 23.0 Å². The predicted molar refractivity (Wildman–Crippen MR) is 98.6 cm³/mol. The number of hydrogen-bond acceptors (Lipinski definition) is 4. The summed E-state index contributed by atoms with van der Waals surface area (Å²) >= 11 is 0. The van der Waals surface area contributed by atoms with Gasteiger partial charge < -0.3 is 4.74 Å². The molecule has 5 heteroatoms. The summed E-state index contributed by atoms with van der Waals surface area (Å²) in [7, 11) is 0. The highest BCUT2D eigenvalue weighted by Gasteiger charge is 2.37. The van der Waals surface area contributed by atoms with Gasteiger partial charge >= 0.3 is 5.97 Å². The lowest BCUT2D eigenvalue weighted by Gasteiger charge is -2.15. The standard InChI is InChI=1S/C21H21NO4/c1-12(2)11-26-21(25)15-6-8-17-18(10-15)20(24)22(19(17)23)16-7-5-13(3)14(4)9-16/h5-10,12H,11H2,1-4H3. The first-order valence-electron chi connectivity index (χ1n) is 8.57. The number of nitrogens with zero attached hydrogens (tertiary/aromatic N) is 1. The number of benzene rings is 2. The number of imide groups is 1. The van der Waals surface area contributed by atoms with Gasteiger partial charge in [-0.2, -0.15) is 0 Å². The maximum atomic E-state index is 12.8. The molecule has 0 fully saturated rings. The first kappa shape index (κ1) is 17.9. The fourth-order valence-corrected chi connectivity index (χ4v) is 2.79. The maximum Gasteiger partial charge on any atom is 0.338 e. The second-order valence-electron chi connectivity index (χ2n) is 6.97. The Hall–Kier alpha value is -2.95. The van der Waals surface area contributed by atoms with Crippen LogP contribution in [-0.4, -0.2) is 24.4 Å². The molecule has 2 aromatic carbocycles. The number of aryl methyl sites for hydroxylation is 2. The van der Waals surface area contributed by atoms with Crippen molar-refractivity contribution in [2.45, 2.75) is 27.7 Å². The molecule has 0 bridgehead atoms. The summed E-state index contributed by atoms with van der Waals surface area (Å²) < 4.78 is 5.20. The summed E-state index contributed by atoms with van der Waals surface area (Å²) in [6.45, 7) is 8.09. The third kappa shape index (κ3) is 3.12. The zero-order valence-corrected chi connectivity index (χ0v) is 15.3. The Labute approximate surface area is 152 Å². The highest BCUT2D eigenvalue weighted by Crippen LogP contribution is 2.30. The van der Waals surface area contributed by atoms with Crippen LogP contribution in [0.5, 0.6) is 0 Å². The Balaban J connectivity index is 1.92. The first-order valence-corrected chi connectivity index (χ1v) is 8.57. The molecule has 3 rings (SSSR count). The van der Waals surface area contributed by atoms with E-state index in [4.69, 9.17) is 4.74 Å². The molecule has 0 aromatic heterocycles. The Kier molecular flexibility index (Phi) is 4.64. The first-order chi connectivity index (χ1) is 12.3. The lowest BCUT2D eigenvalue weighted by atomic mass is 10.1. The molecule has 26 heavy (non-hydrogen) atoms. The van der Waals surface area contributed by atoms with Crippen LogP contribution >= 0.6 is 0 Å². The number of fused-ring (bicyclic) bond motifs is 1. The van der Waals surface area contributed by atoms with E-state index >= 15 is 0 Å². The van der Waals surface area contributed by atoms with Crippen molar-refractivity contribution in [1.29, 1.82) is 0 Å². The van der Waals surface area contributed by atoms with Gasteiger partial charge in [-0.3, -0.25) is 9.59 Å².